The standard InChI is InChI=1S/C20H23NO.C4H4O4/c1-21(2)11-12-22-19-13-18-14-7-3-5-9-16(14)20(19)17-10-6-4-8-15(17)18;5-3(6)1-2-4(7)8/h3-10,18-20H,11-13H2,1-2H3;1-2H,(H,5,6)(H,7,8)/b;2-1-. The number of ether oxygens (including phenoxy) is 1. The Morgan fingerprint density at radius 3 is 1.83 bits per heavy atom. The van der Waals surface area contributed by atoms with Crippen molar-refractivity contribution in [2.24, 2.45) is 0 Å². The van der Waals surface area contributed by atoms with Crippen molar-refractivity contribution in [2.75, 3.05) is 27.2 Å². The van der Waals surface area contributed by atoms with Gasteiger partial charge in [-0.3, -0.25) is 0 Å². The van der Waals surface area contributed by atoms with Gasteiger partial charge in [0.1, 0.15) is 0 Å². The number of carboxylic acids is 2. The average Bonchev–Trinajstić information content (AvgIpc) is 2.73. The van der Waals surface area contributed by atoms with Gasteiger partial charge in [-0.15, -0.1) is 0 Å². The van der Waals surface area contributed by atoms with Crippen molar-refractivity contribution in [3.8, 4) is 0 Å². The summed E-state index contributed by atoms with van der Waals surface area (Å²) in [5.74, 6) is -1.61. The molecule has 0 aliphatic heterocycles. The van der Waals surface area contributed by atoms with Crippen LogP contribution in [0.1, 0.15) is 40.5 Å². The van der Waals surface area contributed by atoms with E-state index >= 15 is 0 Å². The fraction of sp³-hybridized carbons (Fsp3) is 0.333. The van der Waals surface area contributed by atoms with E-state index in [2.05, 4.69) is 67.5 Å². The van der Waals surface area contributed by atoms with Gasteiger partial charge in [0.15, 0.2) is 0 Å². The van der Waals surface area contributed by atoms with Crippen LogP contribution in [0.4, 0.5) is 0 Å². The maximum atomic E-state index is 9.55. The van der Waals surface area contributed by atoms with Crippen molar-refractivity contribution in [2.45, 2.75) is 24.4 Å². The Balaban J connectivity index is 0.000000275. The molecule has 6 nitrogen and oxygen atoms in total. The van der Waals surface area contributed by atoms with E-state index in [1.165, 1.54) is 22.3 Å². The largest absolute Gasteiger partial charge is 0.478 e. The molecule has 0 saturated carbocycles. The minimum absolute atomic E-state index is 0.315. The summed E-state index contributed by atoms with van der Waals surface area (Å²) in [5, 5.41) is 15.6. The zero-order valence-corrected chi connectivity index (χ0v) is 17.2. The highest BCUT2D eigenvalue weighted by Crippen LogP contribution is 2.53. The molecule has 3 aliphatic carbocycles. The van der Waals surface area contributed by atoms with Crippen LogP contribution in [0.2, 0.25) is 0 Å². The zero-order chi connectivity index (χ0) is 21.7. The number of hydrogen-bond donors (Lipinski definition) is 2. The van der Waals surface area contributed by atoms with Crippen LogP contribution in [0.15, 0.2) is 60.7 Å². The fourth-order valence-corrected chi connectivity index (χ4v) is 4.27. The van der Waals surface area contributed by atoms with Gasteiger partial charge in [0, 0.05) is 30.5 Å². The molecule has 2 aromatic rings. The van der Waals surface area contributed by atoms with Crippen LogP contribution in [0.25, 0.3) is 0 Å². The van der Waals surface area contributed by atoms with Crippen LogP contribution in [0.5, 0.6) is 0 Å². The van der Waals surface area contributed by atoms with E-state index in [4.69, 9.17) is 14.9 Å². The molecular formula is C24H27NO5. The SMILES string of the molecule is CN(C)CCOC1CC2c3ccccc3C1c1ccccc12.O=C(O)/C=C\C(=O)O. The molecule has 0 amide bonds. The van der Waals surface area contributed by atoms with Crippen molar-refractivity contribution < 1.29 is 24.5 Å². The summed E-state index contributed by atoms with van der Waals surface area (Å²) in [7, 11) is 4.20. The van der Waals surface area contributed by atoms with Crippen LogP contribution in [-0.2, 0) is 14.3 Å². The number of hydrogen-bond acceptors (Lipinski definition) is 4. The monoisotopic (exact) mass is 409 g/mol. The predicted octanol–water partition coefficient (Wildman–Crippen LogP) is 3.33. The number of nitrogens with zero attached hydrogens (tertiary/aromatic N) is 1. The molecule has 5 rings (SSSR count). The van der Waals surface area contributed by atoms with E-state index in [1.54, 1.807) is 0 Å². The van der Waals surface area contributed by atoms with Crippen molar-refractivity contribution in [1.82, 2.24) is 4.90 Å². The van der Waals surface area contributed by atoms with Gasteiger partial charge in [0.25, 0.3) is 0 Å². The summed E-state index contributed by atoms with van der Waals surface area (Å²) in [6.45, 7) is 1.79. The molecule has 1 unspecified atom stereocenters. The molecule has 2 aromatic carbocycles. The van der Waals surface area contributed by atoms with E-state index < -0.39 is 11.9 Å². The van der Waals surface area contributed by atoms with E-state index in [-0.39, 0.29) is 0 Å². The average molecular weight is 409 g/mol. The first-order chi connectivity index (χ1) is 14.4. The van der Waals surface area contributed by atoms with E-state index in [0.717, 1.165) is 19.6 Å². The minimum atomic E-state index is -1.26. The van der Waals surface area contributed by atoms with Gasteiger partial charge in [-0.1, -0.05) is 48.5 Å². The molecule has 2 N–H and O–H groups in total. The maximum absolute atomic E-state index is 9.55. The van der Waals surface area contributed by atoms with Crippen LogP contribution in [-0.4, -0.2) is 60.4 Å². The van der Waals surface area contributed by atoms with Gasteiger partial charge in [0.2, 0.25) is 0 Å². The first-order valence-electron chi connectivity index (χ1n) is 9.96. The lowest BCUT2D eigenvalue weighted by Crippen LogP contribution is -2.38. The molecule has 0 radical (unpaired) electrons. The first kappa shape index (κ1) is 21.7. The molecule has 0 fully saturated rings. The number of carbonyl (C=O) groups is 2. The lowest BCUT2D eigenvalue weighted by Gasteiger charge is -2.45. The molecule has 0 heterocycles. The Labute approximate surface area is 176 Å². The van der Waals surface area contributed by atoms with Crippen LogP contribution in [0, 0.1) is 0 Å². The molecule has 1 atom stereocenters. The molecule has 0 saturated heterocycles. The maximum Gasteiger partial charge on any atom is 0.328 e. The Morgan fingerprint density at radius 1 is 0.933 bits per heavy atom. The summed E-state index contributed by atoms with van der Waals surface area (Å²) in [4.78, 5) is 21.3. The molecule has 0 spiro atoms. The predicted molar refractivity (Wildman–Crippen MR) is 114 cm³/mol. The van der Waals surface area contributed by atoms with Crippen molar-refractivity contribution in [3.05, 3.63) is 82.9 Å². The Hall–Kier alpha value is -2.96. The number of benzene rings is 2. The van der Waals surface area contributed by atoms with Crippen molar-refractivity contribution >= 4 is 11.9 Å². The number of likely N-dealkylation sites (N-methyl/N-ethyl adjacent to an activating group) is 1. The summed E-state index contributed by atoms with van der Waals surface area (Å²) in [6.07, 6.45) is 2.55. The van der Waals surface area contributed by atoms with Crippen LogP contribution in [0.3, 0.4) is 0 Å². The summed E-state index contributed by atoms with van der Waals surface area (Å²) >= 11 is 0. The molecule has 3 aliphatic rings. The van der Waals surface area contributed by atoms with Gasteiger partial charge >= 0.3 is 11.9 Å². The van der Waals surface area contributed by atoms with Crippen LogP contribution < -0.4 is 0 Å². The highest BCUT2D eigenvalue weighted by molar-refractivity contribution is 5.89. The second-order valence-electron chi connectivity index (χ2n) is 7.75. The first-order valence-corrected chi connectivity index (χ1v) is 9.96. The van der Waals surface area contributed by atoms with Gasteiger partial charge < -0.3 is 19.8 Å². The van der Waals surface area contributed by atoms with E-state index in [9.17, 15) is 9.59 Å². The molecule has 30 heavy (non-hydrogen) atoms. The highest BCUT2D eigenvalue weighted by atomic mass is 16.5. The lowest BCUT2D eigenvalue weighted by atomic mass is 9.62. The smallest absolute Gasteiger partial charge is 0.328 e. The summed E-state index contributed by atoms with van der Waals surface area (Å²) in [6, 6.07) is 17.9. The van der Waals surface area contributed by atoms with Gasteiger partial charge in [0.05, 0.1) is 12.7 Å². The zero-order valence-electron chi connectivity index (χ0n) is 17.2. The quantitative estimate of drug-likeness (QED) is 0.712. The number of rotatable bonds is 6. The minimum Gasteiger partial charge on any atom is -0.478 e. The van der Waals surface area contributed by atoms with Crippen molar-refractivity contribution in [3.63, 3.8) is 0 Å². The summed E-state index contributed by atoms with van der Waals surface area (Å²) in [5.41, 5.74) is 5.98. The summed E-state index contributed by atoms with van der Waals surface area (Å²) < 4.78 is 6.30. The Morgan fingerprint density at radius 2 is 1.40 bits per heavy atom. The van der Waals surface area contributed by atoms with Crippen molar-refractivity contribution in [1.29, 1.82) is 0 Å². The Bertz CT molecular complexity index is 873. The third-order valence-corrected chi connectivity index (χ3v) is 5.49. The fourth-order valence-electron chi connectivity index (χ4n) is 4.27. The lowest BCUT2D eigenvalue weighted by molar-refractivity contribution is -0.134. The number of carboxylic acid groups (broad SMARTS) is 2. The molecule has 158 valence electrons. The van der Waals surface area contributed by atoms with Gasteiger partial charge in [-0.2, -0.15) is 0 Å². The molecule has 0 aromatic heterocycles. The highest BCUT2D eigenvalue weighted by Gasteiger charge is 2.43. The Kier molecular flexibility index (Phi) is 7.03. The number of aliphatic carboxylic acids is 2. The van der Waals surface area contributed by atoms with Gasteiger partial charge in [-0.05, 0) is 42.8 Å². The normalized spacial score (nSPS) is 21.0. The van der Waals surface area contributed by atoms with E-state index in [1.807, 2.05) is 0 Å². The molecular weight excluding hydrogens is 382 g/mol. The molecule has 6 heteroatoms. The third-order valence-electron chi connectivity index (χ3n) is 5.49. The third kappa shape index (κ3) is 4.96. The van der Waals surface area contributed by atoms with Crippen LogP contribution >= 0.6 is 0 Å². The second-order valence-corrected chi connectivity index (χ2v) is 7.75. The molecule has 2 bridgehead atoms. The van der Waals surface area contributed by atoms with Gasteiger partial charge in [-0.25, -0.2) is 9.59 Å². The number of fused-ring (bicyclic) bond motifs is 1. The van der Waals surface area contributed by atoms with E-state index in [0.29, 0.717) is 30.1 Å². The second kappa shape index (κ2) is 9.69. The topological polar surface area (TPSA) is 87.1 Å².